The summed E-state index contributed by atoms with van der Waals surface area (Å²) in [5.41, 5.74) is 0.234. The predicted molar refractivity (Wildman–Crippen MR) is 72.6 cm³/mol. The van der Waals surface area contributed by atoms with Gasteiger partial charge in [-0.2, -0.15) is 8.78 Å². The zero-order valence-electron chi connectivity index (χ0n) is 11.0. The molecule has 1 amide bonds. The maximum atomic E-state index is 12.4. The van der Waals surface area contributed by atoms with E-state index >= 15 is 0 Å². The van der Waals surface area contributed by atoms with Crippen molar-refractivity contribution in [3.63, 3.8) is 0 Å². The van der Waals surface area contributed by atoms with Crippen molar-refractivity contribution in [1.82, 2.24) is 4.90 Å². The molecule has 1 aromatic rings. The lowest BCUT2D eigenvalue weighted by molar-refractivity contribution is -0.141. The number of halogens is 2. The van der Waals surface area contributed by atoms with Crippen LogP contribution in [0.2, 0.25) is 0 Å². The highest BCUT2D eigenvalue weighted by Gasteiger charge is 2.39. The van der Waals surface area contributed by atoms with Crippen LogP contribution in [-0.4, -0.2) is 45.7 Å². The summed E-state index contributed by atoms with van der Waals surface area (Å²) in [7, 11) is 0. The molecule has 2 unspecified atom stereocenters. The van der Waals surface area contributed by atoms with Crippen molar-refractivity contribution in [3.8, 4) is 5.75 Å². The van der Waals surface area contributed by atoms with Crippen molar-refractivity contribution in [2.75, 3.05) is 5.75 Å². The number of hydrogen-bond acceptors (Lipinski definition) is 4. The monoisotopic (exact) mass is 317 g/mol. The third-order valence-corrected chi connectivity index (χ3v) is 4.29. The standard InChI is InChI=1S/C13H13F2NO4S/c1-7-16(10(6-21-7)12(18)19)11(17)8-2-4-9(5-3-8)20-13(14)15/h2-5,7,10,13H,6H2,1H3,(H,18,19). The topological polar surface area (TPSA) is 66.8 Å². The summed E-state index contributed by atoms with van der Waals surface area (Å²) in [6.07, 6.45) is 0. The highest BCUT2D eigenvalue weighted by Crippen LogP contribution is 2.30. The Morgan fingerprint density at radius 1 is 1.38 bits per heavy atom. The molecule has 1 N–H and O–H groups in total. The van der Waals surface area contributed by atoms with Crippen LogP contribution in [0.1, 0.15) is 17.3 Å². The van der Waals surface area contributed by atoms with Crippen LogP contribution in [0.15, 0.2) is 24.3 Å². The van der Waals surface area contributed by atoms with Gasteiger partial charge in [-0.25, -0.2) is 4.79 Å². The number of carbonyl (C=O) groups is 2. The third kappa shape index (κ3) is 3.44. The summed E-state index contributed by atoms with van der Waals surface area (Å²) in [6.45, 7) is -1.18. The average Bonchev–Trinajstić information content (AvgIpc) is 2.80. The number of aliphatic carboxylic acids is 1. The summed E-state index contributed by atoms with van der Waals surface area (Å²) in [5, 5.41) is 8.88. The number of carboxylic acids is 1. The quantitative estimate of drug-likeness (QED) is 0.923. The Kier molecular flexibility index (Phi) is 4.66. The van der Waals surface area contributed by atoms with E-state index in [1.807, 2.05) is 0 Å². The number of carbonyl (C=O) groups excluding carboxylic acids is 1. The lowest BCUT2D eigenvalue weighted by Crippen LogP contribution is -2.44. The minimum Gasteiger partial charge on any atom is -0.480 e. The fourth-order valence-electron chi connectivity index (χ4n) is 2.07. The summed E-state index contributed by atoms with van der Waals surface area (Å²) in [6, 6.07) is 4.31. The van der Waals surface area contributed by atoms with Gasteiger partial charge in [0.05, 0.1) is 5.37 Å². The molecular weight excluding hydrogens is 304 g/mol. The Labute approximate surface area is 123 Å². The van der Waals surface area contributed by atoms with Gasteiger partial charge >= 0.3 is 12.6 Å². The Hall–Kier alpha value is -1.83. The maximum absolute atomic E-state index is 12.4. The summed E-state index contributed by atoms with van der Waals surface area (Å²) in [4.78, 5) is 24.8. The van der Waals surface area contributed by atoms with E-state index in [1.165, 1.54) is 40.9 Å². The van der Waals surface area contributed by atoms with E-state index in [-0.39, 0.29) is 16.7 Å². The Balaban J connectivity index is 2.17. The van der Waals surface area contributed by atoms with E-state index in [0.29, 0.717) is 5.75 Å². The smallest absolute Gasteiger partial charge is 0.387 e. The summed E-state index contributed by atoms with van der Waals surface area (Å²) >= 11 is 1.38. The van der Waals surface area contributed by atoms with Crippen molar-refractivity contribution in [3.05, 3.63) is 29.8 Å². The fourth-order valence-corrected chi connectivity index (χ4v) is 3.24. The molecule has 1 fully saturated rings. The van der Waals surface area contributed by atoms with Crippen LogP contribution in [-0.2, 0) is 4.79 Å². The van der Waals surface area contributed by atoms with Crippen molar-refractivity contribution >= 4 is 23.6 Å². The van der Waals surface area contributed by atoms with E-state index in [4.69, 9.17) is 5.11 Å². The van der Waals surface area contributed by atoms with Crippen LogP contribution in [0.4, 0.5) is 8.78 Å². The average molecular weight is 317 g/mol. The van der Waals surface area contributed by atoms with Gasteiger partial charge in [-0.15, -0.1) is 11.8 Å². The molecule has 21 heavy (non-hydrogen) atoms. The van der Waals surface area contributed by atoms with Crippen molar-refractivity contribution in [2.45, 2.75) is 25.0 Å². The van der Waals surface area contributed by atoms with Crippen LogP contribution in [0.5, 0.6) is 5.75 Å². The number of thioether (sulfide) groups is 1. The van der Waals surface area contributed by atoms with Crippen molar-refractivity contribution < 1.29 is 28.2 Å². The first-order chi connectivity index (χ1) is 9.90. The lowest BCUT2D eigenvalue weighted by atomic mass is 10.1. The summed E-state index contributed by atoms with van der Waals surface area (Å²) < 4.78 is 28.3. The molecule has 1 aliphatic heterocycles. The molecule has 8 heteroatoms. The minimum atomic E-state index is -2.93. The van der Waals surface area contributed by atoms with Crippen LogP contribution in [0.3, 0.4) is 0 Å². The van der Waals surface area contributed by atoms with Crippen LogP contribution < -0.4 is 4.74 Å². The van der Waals surface area contributed by atoms with Gasteiger partial charge in [0.15, 0.2) is 0 Å². The molecular formula is C13H13F2NO4S. The Bertz CT molecular complexity index is 537. The van der Waals surface area contributed by atoms with E-state index < -0.39 is 24.5 Å². The molecule has 0 bridgehead atoms. The number of ether oxygens (including phenoxy) is 1. The van der Waals surface area contributed by atoms with Crippen molar-refractivity contribution in [2.24, 2.45) is 0 Å². The molecule has 1 aromatic carbocycles. The van der Waals surface area contributed by atoms with Gasteiger partial charge in [-0.1, -0.05) is 0 Å². The second-order valence-corrected chi connectivity index (χ2v) is 5.75. The van der Waals surface area contributed by atoms with Gasteiger partial charge in [0.1, 0.15) is 11.8 Å². The van der Waals surface area contributed by atoms with Crippen LogP contribution in [0, 0.1) is 0 Å². The first-order valence-electron chi connectivity index (χ1n) is 6.12. The van der Waals surface area contributed by atoms with Gasteiger partial charge in [-0.3, -0.25) is 4.79 Å². The molecule has 1 heterocycles. The Morgan fingerprint density at radius 3 is 2.52 bits per heavy atom. The Morgan fingerprint density at radius 2 is 2.00 bits per heavy atom. The zero-order valence-corrected chi connectivity index (χ0v) is 11.8. The van der Waals surface area contributed by atoms with Gasteiger partial charge in [0, 0.05) is 11.3 Å². The SMILES string of the molecule is CC1SCC(C(=O)O)N1C(=O)c1ccc(OC(F)F)cc1. The largest absolute Gasteiger partial charge is 0.480 e. The number of alkyl halides is 2. The zero-order chi connectivity index (χ0) is 15.6. The van der Waals surface area contributed by atoms with Gasteiger partial charge < -0.3 is 14.7 Å². The number of carboxylic acid groups (broad SMARTS) is 1. The van der Waals surface area contributed by atoms with E-state index in [9.17, 15) is 18.4 Å². The molecule has 5 nitrogen and oxygen atoms in total. The molecule has 0 aromatic heterocycles. The van der Waals surface area contributed by atoms with Crippen LogP contribution >= 0.6 is 11.8 Å². The molecule has 1 saturated heterocycles. The number of rotatable bonds is 4. The van der Waals surface area contributed by atoms with E-state index in [0.717, 1.165) is 0 Å². The van der Waals surface area contributed by atoms with Gasteiger partial charge in [0.2, 0.25) is 0 Å². The number of nitrogens with zero attached hydrogens (tertiary/aromatic N) is 1. The number of benzene rings is 1. The molecule has 0 aliphatic carbocycles. The molecule has 1 aliphatic rings. The van der Waals surface area contributed by atoms with Crippen LogP contribution in [0.25, 0.3) is 0 Å². The van der Waals surface area contributed by atoms with Crippen molar-refractivity contribution in [1.29, 1.82) is 0 Å². The minimum absolute atomic E-state index is 0.0554. The predicted octanol–water partition coefficient (Wildman–Crippen LogP) is 2.28. The number of amides is 1. The maximum Gasteiger partial charge on any atom is 0.387 e. The van der Waals surface area contributed by atoms with Gasteiger partial charge in [0.25, 0.3) is 5.91 Å². The molecule has 2 rings (SSSR count). The molecule has 114 valence electrons. The number of hydrogen-bond donors (Lipinski definition) is 1. The first kappa shape index (κ1) is 15.6. The molecule has 0 spiro atoms. The molecule has 2 atom stereocenters. The second kappa shape index (κ2) is 6.30. The normalized spacial score (nSPS) is 21.6. The van der Waals surface area contributed by atoms with E-state index in [1.54, 1.807) is 6.92 Å². The fraction of sp³-hybridized carbons (Fsp3) is 0.385. The highest BCUT2D eigenvalue weighted by molar-refractivity contribution is 8.00. The van der Waals surface area contributed by atoms with Gasteiger partial charge in [-0.05, 0) is 31.2 Å². The molecule has 0 saturated carbocycles. The first-order valence-corrected chi connectivity index (χ1v) is 7.17. The third-order valence-electron chi connectivity index (χ3n) is 3.07. The molecule has 0 radical (unpaired) electrons. The lowest BCUT2D eigenvalue weighted by Gasteiger charge is -2.25. The second-order valence-electron chi connectivity index (χ2n) is 4.40. The summed E-state index contributed by atoms with van der Waals surface area (Å²) in [5.74, 6) is -1.23. The van der Waals surface area contributed by atoms with E-state index in [2.05, 4.69) is 4.74 Å². The highest BCUT2D eigenvalue weighted by atomic mass is 32.2.